The molecule has 1 aliphatic heterocycles. The first kappa shape index (κ1) is 18.8. The molecule has 4 rings (SSSR count). The number of aromatic nitrogens is 5. The largest absolute Gasteiger partial charge is 0.359 e. The monoisotopic (exact) mass is 436 g/mol. The lowest BCUT2D eigenvalue weighted by molar-refractivity contribution is 0.625. The molecule has 1 unspecified atom stereocenters. The van der Waals surface area contributed by atoms with Gasteiger partial charge >= 0.3 is 0 Å². The third-order valence-electron chi connectivity index (χ3n) is 3.89. The quantitative estimate of drug-likeness (QED) is 0.674. The minimum Gasteiger partial charge on any atom is -0.359 e. The smallest absolute Gasteiger partial charge is 0.174 e. The van der Waals surface area contributed by atoms with Crippen LogP contribution in [0.5, 0.6) is 0 Å². The number of nitrogens with zero attached hydrogens (tertiary/aromatic N) is 7. The van der Waals surface area contributed by atoms with Crippen molar-refractivity contribution in [1.29, 1.82) is 0 Å². The number of amidine groups is 1. The lowest BCUT2D eigenvalue weighted by Gasteiger charge is -2.21. The summed E-state index contributed by atoms with van der Waals surface area (Å²) in [6.45, 7) is 1.87. The average molecular weight is 437 g/mol. The first-order valence-corrected chi connectivity index (χ1v) is 10.7. The second kappa shape index (κ2) is 7.12. The van der Waals surface area contributed by atoms with E-state index < -0.39 is 9.92 Å². The predicted molar refractivity (Wildman–Crippen MR) is 108 cm³/mol. The first-order chi connectivity index (χ1) is 13.3. The zero-order valence-electron chi connectivity index (χ0n) is 14.7. The van der Waals surface area contributed by atoms with Crippen LogP contribution in [0.1, 0.15) is 24.4 Å². The second-order valence-electron chi connectivity index (χ2n) is 6.04. The molecule has 1 N–H and O–H groups in total. The van der Waals surface area contributed by atoms with Gasteiger partial charge in [-0.1, -0.05) is 23.2 Å². The van der Waals surface area contributed by atoms with Gasteiger partial charge in [0.25, 0.3) is 0 Å². The highest BCUT2D eigenvalue weighted by Gasteiger charge is 2.24. The molecule has 1 aromatic carbocycles. The van der Waals surface area contributed by atoms with E-state index in [9.17, 15) is 4.21 Å². The SMILES string of the molecule is C[C@H](NC1=NS(C)(=O)=Nc2c(Cl)cc(Cl)cc21)c1ncnn1-c1cnccn1. The molecule has 3 aromatic rings. The third-order valence-corrected chi connectivity index (χ3v) is 5.43. The molecule has 0 bridgehead atoms. The fraction of sp³-hybridized carbons (Fsp3) is 0.188. The molecule has 0 radical (unpaired) electrons. The summed E-state index contributed by atoms with van der Waals surface area (Å²) < 4.78 is 22.6. The van der Waals surface area contributed by atoms with Gasteiger partial charge in [-0.3, -0.25) is 4.98 Å². The van der Waals surface area contributed by atoms with Crippen molar-refractivity contribution in [1.82, 2.24) is 30.0 Å². The fourth-order valence-electron chi connectivity index (χ4n) is 2.74. The maximum absolute atomic E-state index is 12.6. The number of halogens is 2. The predicted octanol–water partition coefficient (Wildman–Crippen LogP) is 3.12. The van der Waals surface area contributed by atoms with Crippen LogP contribution in [0.3, 0.4) is 0 Å². The van der Waals surface area contributed by atoms with Crippen molar-refractivity contribution < 1.29 is 4.21 Å². The van der Waals surface area contributed by atoms with Gasteiger partial charge in [-0.25, -0.2) is 14.2 Å². The number of hydrogen-bond acceptors (Lipinski definition) is 7. The van der Waals surface area contributed by atoms with Crippen molar-refractivity contribution in [3.8, 4) is 5.82 Å². The Hall–Kier alpha value is -2.56. The van der Waals surface area contributed by atoms with Crippen molar-refractivity contribution in [2.75, 3.05) is 6.26 Å². The molecule has 0 amide bonds. The van der Waals surface area contributed by atoms with Crippen molar-refractivity contribution >= 4 is 44.6 Å². The van der Waals surface area contributed by atoms with Crippen LogP contribution < -0.4 is 5.32 Å². The van der Waals surface area contributed by atoms with E-state index in [0.29, 0.717) is 38.8 Å². The van der Waals surface area contributed by atoms with Crippen LogP contribution in [-0.2, 0) is 9.92 Å². The zero-order chi connectivity index (χ0) is 19.9. The molecule has 2 aromatic heterocycles. The molecule has 12 heteroatoms. The van der Waals surface area contributed by atoms with Crippen molar-refractivity contribution in [2.45, 2.75) is 13.0 Å². The molecule has 144 valence electrons. The molecule has 1 aliphatic rings. The normalized spacial score (nSPS) is 19.4. The average Bonchev–Trinajstić information content (AvgIpc) is 3.13. The highest BCUT2D eigenvalue weighted by Crippen LogP contribution is 2.36. The van der Waals surface area contributed by atoms with Gasteiger partial charge in [0.2, 0.25) is 0 Å². The number of rotatable bonds is 3. The molecule has 0 saturated carbocycles. The lowest BCUT2D eigenvalue weighted by atomic mass is 10.1. The fourth-order valence-corrected chi connectivity index (χ4v) is 4.40. The summed E-state index contributed by atoms with van der Waals surface area (Å²) in [5, 5.41) is 8.16. The Morgan fingerprint density at radius 1 is 1.21 bits per heavy atom. The Morgan fingerprint density at radius 3 is 2.79 bits per heavy atom. The first-order valence-electron chi connectivity index (χ1n) is 8.08. The van der Waals surface area contributed by atoms with Gasteiger partial charge in [0.15, 0.2) is 21.6 Å². The molecule has 28 heavy (non-hydrogen) atoms. The highest BCUT2D eigenvalue weighted by molar-refractivity contribution is 7.92. The Balaban J connectivity index is 1.73. The second-order valence-corrected chi connectivity index (χ2v) is 8.77. The Labute approximate surface area is 171 Å². The minimum absolute atomic E-state index is 0.307. The van der Waals surface area contributed by atoms with E-state index in [0.717, 1.165) is 0 Å². The van der Waals surface area contributed by atoms with Gasteiger partial charge in [0.1, 0.15) is 17.9 Å². The van der Waals surface area contributed by atoms with Gasteiger partial charge < -0.3 is 5.32 Å². The number of nitrogens with one attached hydrogen (secondary N) is 1. The number of hydrogen-bond donors (Lipinski definition) is 1. The van der Waals surface area contributed by atoms with Crippen LogP contribution in [0.25, 0.3) is 5.82 Å². The van der Waals surface area contributed by atoms with E-state index >= 15 is 0 Å². The molecule has 9 nitrogen and oxygen atoms in total. The molecular weight excluding hydrogens is 423 g/mol. The molecule has 0 aliphatic carbocycles. The Kier molecular flexibility index (Phi) is 4.77. The highest BCUT2D eigenvalue weighted by atomic mass is 35.5. The summed E-state index contributed by atoms with van der Waals surface area (Å²) in [6, 6.07) is 2.87. The standard InChI is InChI=1S/C16H14Cl2N8OS/c1-9(16-21-8-22-26(16)13-7-19-3-4-20-13)23-15-11-5-10(17)6-12(18)14(11)24-28(2,27)25-15/h3-9H,1-2H3,(H,23,24,25,27)/t9-,28?/m0/s1. The van der Waals surface area contributed by atoms with Gasteiger partial charge in [-0.2, -0.15) is 18.5 Å². The number of fused-ring (bicyclic) bond motifs is 1. The van der Waals surface area contributed by atoms with Crippen LogP contribution in [0, 0.1) is 0 Å². The number of benzene rings is 1. The summed E-state index contributed by atoms with van der Waals surface area (Å²) in [5.74, 6) is 1.46. The van der Waals surface area contributed by atoms with E-state index in [2.05, 4.69) is 34.1 Å². The zero-order valence-corrected chi connectivity index (χ0v) is 17.1. The minimum atomic E-state index is -2.85. The summed E-state index contributed by atoms with van der Waals surface area (Å²) in [6.07, 6.45) is 7.58. The third kappa shape index (κ3) is 3.58. The Morgan fingerprint density at radius 2 is 2.04 bits per heavy atom. The molecule has 0 fully saturated rings. The molecule has 0 saturated heterocycles. The van der Waals surface area contributed by atoms with E-state index in [-0.39, 0.29) is 6.04 Å². The van der Waals surface area contributed by atoms with Crippen molar-refractivity contribution in [2.24, 2.45) is 8.76 Å². The van der Waals surface area contributed by atoms with Crippen LogP contribution in [0.15, 0.2) is 45.8 Å². The van der Waals surface area contributed by atoms with Crippen LogP contribution in [0.2, 0.25) is 10.0 Å². The van der Waals surface area contributed by atoms with Crippen LogP contribution >= 0.6 is 23.2 Å². The van der Waals surface area contributed by atoms with E-state index in [1.54, 1.807) is 35.4 Å². The van der Waals surface area contributed by atoms with Crippen LogP contribution in [0.4, 0.5) is 5.69 Å². The summed E-state index contributed by atoms with van der Waals surface area (Å²) in [7, 11) is -2.85. The van der Waals surface area contributed by atoms with Crippen molar-refractivity contribution in [3.05, 3.63) is 58.5 Å². The lowest BCUT2D eigenvalue weighted by Crippen LogP contribution is -2.31. The summed E-state index contributed by atoms with van der Waals surface area (Å²) in [4.78, 5) is 12.6. The molecule has 0 spiro atoms. The van der Waals surface area contributed by atoms with E-state index in [4.69, 9.17) is 23.2 Å². The van der Waals surface area contributed by atoms with Gasteiger partial charge in [0, 0.05) is 29.2 Å². The molecular formula is C16H14Cl2N8OS. The van der Waals surface area contributed by atoms with Gasteiger partial charge in [0.05, 0.1) is 17.3 Å². The van der Waals surface area contributed by atoms with Gasteiger partial charge in [-0.05, 0) is 19.1 Å². The summed E-state index contributed by atoms with van der Waals surface area (Å²) in [5.41, 5.74) is 0.953. The van der Waals surface area contributed by atoms with E-state index in [1.165, 1.54) is 12.6 Å². The van der Waals surface area contributed by atoms with Crippen molar-refractivity contribution in [3.63, 3.8) is 0 Å². The van der Waals surface area contributed by atoms with Gasteiger partial charge in [-0.15, -0.1) is 0 Å². The molecule has 3 heterocycles. The topological polar surface area (TPSA) is 110 Å². The summed E-state index contributed by atoms with van der Waals surface area (Å²) >= 11 is 12.4. The molecule has 2 atom stereocenters. The maximum atomic E-state index is 12.6. The Bertz CT molecular complexity index is 1200. The van der Waals surface area contributed by atoms with E-state index in [1.807, 2.05) is 6.92 Å². The maximum Gasteiger partial charge on any atom is 0.174 e. The van der Waals surface area contributed by atoms with Crippen LogP contribution in [-0.4, -0.2) is 41.0 Å².